The van der Waals surface area contributed by atoms with Gasteiger partial charge in [-0.1, -0.05) is 53.7 Å². The smallest absolute Gasteiger partial charge is 0.184 e. The van der Waals surface area contributed by atoms with Gasteiger partial charge in [0.1, 0.15) is 5.82 Å². The van der Waals surface area contributed by atoms with Gasteiger partial charge >= 0.3 is 0 Å². The van der Waals surface area contributed by atoms with Crippen molar-refractivity contribution in [1.82, 2.24) is 25.0 Å². The lowest BCUT2D eigenvalue weighted by molar-refractivity contribution is 0.582. The average Bonchev–Trinajstić information content (AvgIpc) is 3.08. The van der Waals surface area contributed by atoms with Gasteiger partial charge in [-0.05, 0) is 13.0 Å². The summed E-state index contributed by atoms with van der Waals surface area (Å²) in [6, 6.07) is 16.3. The second-order valence-corrected chi connectivity index (χ2v) is 5.80. The number of benzene rings is 2. The zero-order valence-corrected chi connectivity index (χ0v) is 14.2. The Hall–Kier alpha value is -3.35. The molecule has 0 fully saturated rings. The van der Waals surface area contributed by atoms with Crippen LogP contribution in [0.4, 0.5) is 10.2 Å². The first-order valence-electron chi connectivity index (χ1n) is 8.40. The first-order chi connectivity index (χ1) is 12.8. The zero-order chi connectivity index (χ0) is 17.9. The van der Waals surface area contributed by atoms with E-state index in [-0.39, 0.29) is 12.4 Å². The number of fused-ring (bicyclic) bond motifs is 1. The molecule has 2 aromatic carbocycles. The molecule has 4 rings (SSSR count). The molecule has 6 nitrogen and oxygen atoms in total. The first-order valence-corrected chi connectivity index (χ1v) is 8.40. The van der Waals surface area contributed by atoms with E-state index in [1.807, 2.05) is 37.3 Å². The van der Waals surface area contributed by atoms with Crippen LogP contribution in [-0.2, 0) is 6.54 Å². The lowest BCUT2D eigenvalue weighted by Gasteiger charge is -2.08. The monoisotopic (exact) mass is 348 g/mol. The summed E-state index contributed by atoms with van der Waals surface area (Å²) in [5.41, 5.74) is 2.57. The topological polar surface area (TPSA) is 68.5 Å². The molecule has 7 heteroatoms. The Morgan fingerprint density at radius 3 is 2.54 bits per heavy atom. The van der Waals surface area contributed by atoms with Gasteiger partial charge in [0, 0.05) is 17.7 Å². The van der Waals surface area contributed by atoms with Crippen molar-refractivity contribution < 1.29 is 4.39 Å². The van der Waals surface area contributed by atoms with Gasteiger partial charge in [0.2, 0.25) is 0 Å². The Labute approximate surface area is 149 Å². The van der Waals surface area contributed by atoms with Crippen LogP contribution in [0.15, 0.2) is 54.6 Å². The highest BCUT2D eigenvalue weighted by molar-refractivity contribution is 5.84. The lowest BCUT2D eigenvalue weighted by atomic mass is 10.2. The van der Waals surface area contributed by atoms with Crippen molar-refractivity contribution in [3.8, 4) is 11.4 Å². The number of rotatable bonds is 5. The number of halogens is 1. The summed E-state index contributed by atoms with van der Waals surface area (Å²) in [5.74, 6) is 0.919. The Morgan fingerprint density at radius 2 is 1.77 bits per heavy atom. The van der Waals surface area contributed by atoms with Gasteiger partial charge in [0.15, 0.2) is 22.8 Å². The molecule has 0 spiro atoms. The van der Waals surface area contributed by atoms with E-state index in [0.717, 1.165) is 5.56 Å². The van der Waals surface area contributed by atoms with E-state index in [9.17, 15) is 4.39 Å². The van der Waals surface area contributed by atoms with Crippen LogP contribution in [0.1, 0.15) is 12.5 Å². The summed E-state index contributed by atoms with van der Waals surface area (Å²) < 4.78 is 15.6. The van der Waals surface area contributed by atoms with Crippen LogP contribution in [0, 0.1) is 5.82 Å². The fourth-order valence-electron chi connectivity index (χ4n) is 2.76. The van der Waals surface area contributed by atoms with E-state index >= 15 is 0 Å². The molecule has 0 atom stereocenters. The predicted molar refractivity (Wildman–Crippen MR) is 98.2 cm³/mol. The minimum atomic E-state index is -0.277. The van der Waals surface area contributed by atoms with E-state index in [1.54, 1.807) is 22.9 Å². The highest BCUT2D eigenvalue weighted by Crippen LogP contribution is 2.24. The van der Waals surface area contributed by atoms with E-state index in [0.29, 0.717) is 34.9 Å². The second kappa shape index (κ2) is 6.87. The Bertz CT molecular complexity index is 1040. The van der Waals surface area contributed by atoms with Crippen molar-refractivity contribution in [1.29, 1.82) is 0 Å². The average molecular weight is 348 g/mol. The lowest BCUT2D eigenvalue weighted by Crippen LogP contribution is -2.07. The van der Waals surface area contributed by atoms with Crippen molar-refractivity contribution in [2.75, 3.05) is 11.9 Å². The molecule has 0 aliphatic heterocycles. The van der Waals surface area contributed by atoms with E-state index in [4.69, 9.17) is 0 Å². The van der Waals surface area contributed by atoms with Crippen LogP contribution in [-0.4, -0.2) is 31.5 Å². The molecule has 1 N–H and O–H groups in total. The van der Waals surface area contributed by atoms with Crippen LogP contribution >= 0.6 is 0 Å². The third-order valence-corrected chi connectivity index (χ3v) is 4.02. The molecule has 0 unspecified atom stereocenters. The third kappa shape index (κ3) is 2.99. The van der Waals surface area contributed by atoms with Gasteiger partial charge in [0.05, 0.1) is 6.54 Å². The highest BCUT2D eigenvalue weighted by Gasteiger charge is 2.16. The van der Waals surface area contributed by atoms with Gasteiger partial charge in [-0.2, -0.15) is 0 Å². The minimum absolute atomic E-state index is 0.250. The molecule has 26 heavy (non-hydrogen) atoms. The van der Waals surface area contributed by atoms with Gasteiger partial charge in [-0.3, -0.25) is 0 Å². The molecular formula is C19H17FN6. The predicted octanol–water partition coefficient (Wildman–Crippen LogP) is 3.51. The number of aromatic nitrogens is 5. The maximum atomic E-state index is 14.0. The number of nitrogens with one attached hydrogen (secondary N) is 1. The Kier molecular flexibility index (Phi) is 4.27. The van der Waals surface area contributed by atoms with Gasteiger partial charge in [-0.25, -0.2) is 19.0 Å². The molecule has 0 saturated heterocycles. The van der Waals surface area contributed by atoms with Crippen molar-refractivity contribution >= 4 is 17.0 Å². The summed E-state index contributed by atoms with van der Waals surface area (Å²) in [6.45, 7) is 2.93. The maximum Gasteiger partial charge on any atom is 0.184 e. The van der Waals surface area contributed by atoms with Gasteiger partial charge in [-0.15, -0.1) is 5.10 Å². The number of anilines is 1. The van der Waals surface area contributed by atoms with Gasteiger partial charge < -0.3 is 5.32 Å². The quantitative estimate of drug-likeness (QED) is 0.598. The third-order valence-electron chi connectivity index (χ3n) is 4.02. The molecule has 0 amide bonds. The second-order valence-electron chi connectivity index (χ2n) is 5.80. The van der Waals surface area contributed by atoms with Crippen molar-refractivity contribution in [2.45, 2.75) is 13.5 Å². The summed E-state index contributed by atoms with van der Waals surface area (Å²) >= 11 is 0. The molecule has 0 radical (unpaired) electrons. The van der Waals surface area contributed by atoms with Crippen molar-refractivity contribution in [3.63, 3.8) is 0 Å². The summed E-state index contributed by atoms with van der Waals surface area (Å²) in [7, 11) is 0. The molecule has 0 bridgehead atoms. The summed E-state index contributed by atoms with van der Waals surface area (Å²) in [6.07, 6.45) is 0. The molecule has 0 saturated carbocycles. The molecule has 0 aliphatic carbocycles. The van der Waals surface area contributed by atoms with E-state index in [1.165, 1.54) is 6.07 Å². The molecule has 0 aliphatic rings. The highest BCUT2D eigenvalue weighted by atomic mass is 19.1. The minimum Gasteiger partial charge on any atom is -0.368 e. The molecule has 2 aromatic heterocycles. The van der Waals surface area contributed by atoms with Crippen LogP contribution in [0.25, 0.3) is 22.6 Å². The fraction of sp³-hybridized carbons (Fsp3) is 0.158. The van der Waals surface area contributed by atoms with Crippen LogP contribution < -0.4 is 5.32 Å². The van der Waals surface area contributed by atoms with Crippen molar-refractivity contribution in [3.05, 3.63) is 66.0 Å². The first kappa shape index (κ1) is 16.1. The molecule has 4 aromatic rings. The largest absolute Gasteiger partial charge is 0.368 e. The van der Waals surface area contributed by atoms with Crippen LogP contribution in [0.2, 0.25) is 0 Å². The maximum absolute atomic E-state index is 14.0. The number of hydrogen-bond acceptors (Lipinski definition) is 5. The number of hydrogen-bond donors (Lipinski definition) is 1. The Balaban J connectivity index is 1.85. The standard InChI is InChI=1S/C19H17FN6/c1-2-21-18-16-19(23-17(22-18)13-8-4-3-5-9-13)26(25-24-16)12-14-10-6-7-11-15(14)20/h3-11H,2,12H2,1H3,(H,21,22,23). The van der Waals surface area contributed by atoms with Crippen LogP contribution in [0.5, 0.6) is 0 Å². The van der Waals surface area contributed by atoms with Crippen LogP contribution in [0.3, 0.4) is 0 Å². The summed E-state index contributed by atoms with van der Waals surface area (Å²) in [4.78, 5) is 9.23. The normalized spacial score (nSPS) is 11.0. The fourth-order valence-corrected chi connectivity index (χ4v) is 2.76. The van der Waals surface area contributed by atoms with E-state index in [2.05, 4.69) is 25.6 Å². The number of nitrogens with zero attached hydrogens (tertiary/aromatic N) is 5. The molecular weight excluding hydrogens is 331 g/mol. The summed E-state index contributed by atoms with van der Waals surface area (Å²) in [5, 5.41) is 11.6. The van der Waals surface area contributed by atoms with E-state index < -0.39 is 0 Å². The molecule has 2 heterocycles. The zero-order valence-electron chi connectivity index (χ0n) is 14.2. The molecule has 130 valence electrons. The SMILES string of the molecule is CCNc1nc(-c2ccccc2)nc2c1nnn2Cc1ccccc1F. The van der Waals surface area contributed by atoms with Gasteiger partial charge in [0.25, 0.3) is 0 Å². The Morgan fingerprint density at radius 1 is 1.00 bits per heavy atom. The van der Waals surface area contributed by atoms with Crippen molar-refractivity contribution in [2.24, 2.45) is 0 Å².